The van der Waals surface area contributed by atoms with Crippen LogP contribution in [-0.4, -0.2) is 56.0 Å². The molecular weight excluding hydrogens is 312 g/mol. The maximum absolute atomic E-state index is 11.5. The number of benzene rings is 1. The zero-order valence-electron chi connectivity index (χ0n) is 11.9. The van der Waals surface area contributed by atoms with E-state index in [2.05, 4.69) is 0 Å². The zero-order valence-corrected chi connectivity index (χ0v) is 12.7. The number of piperazine rings is 1. The van der Waals surface area contributed by atoms with E-state index in [9.17, 15) is 23.3 Å². The van der Waals surface area contributed by atoms with Gasteiger partial charge in [0.1, 0.15) is 5.69 Å². The molecule has 1 aromatic rings. The predicted octanol–water partition coefficient (Wildman–Crippen LogP) is -0.225. The third kappa shape index (κ3) is 3.34. The number of sulfonamides is 1. The van der Waals surface area contributed by atoms with Crippen molar-refractivity contribution < 1.29 is 18.1 Å². The number of hydrogen-bond donors (Lipinski definition) is 1. The van der Waals surface area contributed by atoms with Crippen LogP contribution in [0.3, 0.4) is 0 Å². The molecule has 1 saturated heterocycles. The Morgan fingerprint density at radius 2 is 1.86 bits per heavy atom. The Hall–Kier alpha value is -2.20. The second-order valence-electron chi connectivity index (χ2n) is 4.97. The maximum Gasteiger partial charge on any atom is 0.293 e. The van der Waals surface area contributed by atoms with Crippen LogP contribution in [0.15, 0.2) is 18.2 Å². The average Bonchev–Trinajstić information content (AvgIpc) is 2.45. The van der Waals surface area contributed by atoms with E-state index in [1.54, 1.807) is 4.90 Å². The molecule has 0 unspecified atom stereocenters. The van der Waals surface area contributed by atoms with Crippen molar-refractivity contribution in [2.45, 2.75) is 0 Å². The van der Waals surface area contributed by atoms with Crippen molar-refractivity contribution >= 4 is 27.3 Å². The molecule has 0 bridgehead atoms. The number of nitrogens with two attached hydrogens (primary N) is 1. The Balaban J connectivity index is 2.27. The quantitative estimate of drug-likeness (QED) is 0.601. The van der Waals surface area contributed by atoms with Crippen LogP contribution in [-0.2, 0) is 10.0 Å². The minimum atomic E-state index is -3.26. The first-order valence-electron chi connectivity index (χ1n) is 6.48. The van der Waals surface area contributed by atoms with Gasteiger partial charge in [0.25, 0.3) is 5.69 Å². The van der Waals surface area contributed by atoms with Crippen LogP contribution in [0.5, 0.6) is 0 Å². The first kappa shape index (κ1) is 16.2. The van der Waals surface area contributed by atoms with Crippen LogP contribution in [0.4, 0.5) is 11.4 Å². The largest absolute Gasteiger partial charge is 0.366 e. The van der Waals surface area contributed by atoms with Crippen molar-refractivity contribution in [2.75, 3.05) is 37.3 Å². The zero-order chi connectivity index (χ0) is 16.5. The van der Waals surface area contributed by atoms with Gasteiger partial charge in [0.15, 0.2) is 0 Å². The fraction of sp³-hybridized carbons (Fsp3) is 0.417. The molecule has 22 heavy (non-hydrogen) atoms. The number of hydrogen-bond acceptors (Lipinski definition) is 6. The van der Waals surface area contributed by atoms with E-state index in [0.717, 1.165) is 12.3 Å². The summed E-state index contributed by atoms with van der Waals surface area (Å²) in [6.45, 7) is 1.19. The Labute approximate surface area is 127 Å². The van der Waals surface area contributed by atoms with E-state index in [1.807, 2.05) is 0 Å². The Bertz CT molecular complexity index is 710. The summed E-state index contributed by atoms with van der Waals surface area (Å²) in [5.41, 5.74) is 5.32. The lowest BCUT2D eigenvalue weighted by atomic mass is 10.1. The first-order valence-corrected chi connectivity index (χ1v) is 8.33. The summed E-state index contributed by atoms with van der Waals surface area (Å²) in [6.07, 6.45) is 1.13. The second kappa shape index (κ2) is 5.89. The number of carbonyl (C=O) groups is 1. The molecule has 1 aliphatic rings. The molecule has 0 aliphatic carbocycles. The third-order valence-corrected chi connectivity index (χ3v) is 4.81. The number of primary amides is 1. The molecule has 2 N–H and O–H groups in total. The van der Waals surface area contributed by atoms with Crippen LogP contribution in [0.1, 0.15) is 10.4 Å². The summed E-state index contributed by atoms with van der Waals surface area (Å²) < 4.78 is 24.3. The summed E-state index contributed by atoms with van der Waals surface area (Å²) in [6, 6.07) is 4.03. The highest BCUT2D eigenvalue weighted by atomic mass is 32.2. The fourth-order valence-electron chi connectivity index (χ4n) is 2.35. The second-order valence-corrected chi connectivity index (χ2v) is 6.96. The minimum Gasteiger partial charge on any atom is -0.366 e. The molecular formula is C12H16N4O5S. The number of nitrogens with zero attached hydrogens (tertiary/aromatic N) is 3. The lowest BCUT2D eigenvalue weighted by molar-refractivity contribution is -0.384. The molecule has 0 spiro atoms. The van der Waals surface area contributed by atoms with E-state index < -0.39 is 20.9 Å². The van der Waals surface area contributed by atoms with E-state index >= 15 is 0 Å². The third-order valence-electron chi connectivity index (χ3n) is 3.50. The van der Waals surface area contributed by atoms with Gasteiger partial charge in [-0.1, -0.05) is 0 Å². The molecule has 2 rings (SSSR count). The SMILES string of the molecule is CS(=O)(=O)N1CCN(c2ccc(C(N)=O)cc2[N+](=O)[O-])CC1. The highest BCUT2D eigenvalue weighted by Crippen LogP contribution is 2.30. The number of carbonyl (C=O) groups excluding carboxylic acids is 1. The molecule has 1 aromatic carbocycles. The maximum atomic E-state index is 11.5. The highest BCUT2D eigenvalue weighted by molar-refractivity contribution is 7.88. The van der Waals surface area contributed by atoms with Gasteiger partial charge in [0.2, 0.25) is 15.9 Å². The molecule has 10 heteroatoms. The van der Waals surface area contributed by atoms with Crippen molar-refractivity contribution in [3.8, 4) is 0 Å². The normalized spacial score (nSPS) is 16.5. The average molecular weight is 328 g/mol. The van der Waals surface area contributed by atoms with E-state index in [4.69, 9.17) is 5.73 Å². The number of nitro benzene ring substituents is 1. The topological polar surface area (TPSA) is 127 Å². The number of anilines is 1. The molecule has 9 nitrogen and oxygen atoms in total. The van der Waals surface area contributed by atoms with Gasteiger partial charge in [-0.05, 0) is 12.1 Å². The van der Waals surface area contributed by atoms with Crippen molar-refractivity contribution in [1.82, 2.24) is 4.31 Å². The monoisotopic (exact) mass is 328 g/mol. The van der Waals surface area contributed by atoms with Gasteiger partial charge >= 0.3 is 0 Å². The molecule has 1 fully saturated rings. The van der Waals surface area contributed by atoms with Crippen molar-refractivity contribution in [1.29, 1.82) is 0 Å². The van der Waals surface area contributed by atoms with Crippen molar-refractivity contribution in [2.24, 2.45) is 5.73 Å². The lowest BCUT2D eigenvalue weighted by Gasteiger charge is -2.34. The molecule has 0 radical (unpaired) electrons. The van der Waals surface area contributed by atoms with Crippen LogP contribution >= 0.6 is 0 Å². The molecule has 1 amide bonds. The van der Waals surface area contributed by atoms with Crippen molar-refractivity contribution in [3.05, 3.63) is 33.9 Å². The summed E-state index contributed by atoms with van der Waals surface area (Å²) in [7, 11) is -3.26. The van der Waals surface area contributed by atoms with Crippen LogP contribution in [0, 0.1) is 10.1 Å². The van der Waals surface area contributed by atoms with Gasteiger partial charge in [-0.2, -0.15) is 4.31 Å². The fourth-order valence-corrected chi connectivity index (χ4v) is 3.18. The molecule has 0 aromatic heterocycles. The van der Waals surface area contributed by atoms with Gasteiger partial charge < -0.3 is 10.6 Å². The molecule has 120 valence electrons. The summed E-state index contributed by atoms with van der Waals surface area (Å²) in [5.74, 6) is -0.739. The van der Waals surface area contributed by atoms with Crippen LogP contribution in [0.25, 0.3) is 0 Å². The Morgan fingerprint density at radius 1 is 1.27 bits per heavy atom. The Morgan fingerprint density at radius 3 is 2.32 bits per heavy atom. The minimum absolute atomic E-state index is 0.0604. The first-order chi connectivity index (χ1) is 10.2. The summed E-state index contributed by atoms with van der Waals surface area (Å²) >= 11 is 0. The molecule has 0 atom stereocenters. The number of amides is 1. The van der Waals surface area contributed by atoms with Crippen LogP contribution in [0.2, 0.25) is 0 Å². The van der Waals surface area contributed by atoms with Gasteiger partial charge in [0.05, 0.1) is 11.2 Å². The molecule has 1 heterocycles. The van der Waals surface area contributed by atoms with Gasteiger partial charge in [0, 0.05) is 37.8 Å². The van der Waals surface area contributed by atoms with E-state index in [1.165, 1.54) is 16.4 Å². The van der Waals surface area contributed by atoms with Gasteiger partial charge in [-0.3, -0.25) is 14.9 Å². The summed E-state index contributed by atoms with van der Waals surface area (Å²) in [4.78, 5) is 23.5. The highest BCUT2D eigenvalue weighted by Gasteiger charge is 2.27. The predicted molar refractivity (Wildman–Crippen MR) is 80.2 cm³/mol. The smallest absolute Gasteiger partial charge is 0.293 e. The van der Waals surface area contributed by atoms with Gasteiger partial charge in [-0.25, -0.2) is 8.42 Å². The van der Waals surface area contributed by atoms with Crippen LogP contribution < -0.4 is 10.6 Å². The van der Waals surface area contributed by atoms with E-state index in [-0.39, 0.29) is 24.3 Å². The lowest BCUT2D eigenvalue weighted by Crippen LogP contribution is -2.48. The van der Waals surface area contributed by atoms with Crippen molar-refractivity contribution in [3.63, 3.8) is 0 Å². The molecule has 0 saturated carbocycles. The van der Waals surface area contributed by atoms with E-state index in [0.29, 0.717) is 18.8 Å². The molecule has 1 aliphatic heterocycles. The standard InChI is InChI=1S/C12H16N4O5S/c1-22(20,21)15-6-4-14(5-7-15)10-3-2-9(12(13)17)8-11(10)16(18)19/h2-3,8H,4-7H2,1H3,(H2,13,17). The Kier molecular flexibility index (Phi) is 4.33. The summed E-state index contributed by atoms with van der Waals surface area (Å²) in [5, 5.41) is 11.2. The number of nitro groups is 1. The van der Waals surface area contributed by atoms with Gasteiger partial charge in [-0.15, -0.1) is 0 Å². The number of rotatable bonds is 4.